The number of thioether (sulfide) groups is 1. The van der Waals surface area contributed by atoms with Gasteiger partial charge in [-0.1, -0.05) is 19.0 Å². The van der Waals surface area contributed by atoms with Crippen LogP contribution >= 0.6 is 35.7 Å². The van der Waals surface area contributed by atoms with Gasteiger partial charge in [-0.25, -0.2) is 4.99 Å². The van der Waals surface area contributed by atoms with E-state index in [0.717, 1.165) is 31.3 Å². The van der Waals surface area contributed by atoms with Crippen molar-refractivity contribution in [2.75, 3.05) is 25.4 Å². The minimum atomic E-state index is 0. The number of aryl methyl sites for hydroxylation is 1. The van der Waals surface area contributed by atoms with Gasteiger partial charge in [0.15, 0.2) is 11.8 Å². The molecule has 0 saturated carbocycles. The molecule has 1 saturated heterocycles. The van der Waals surface area contributed by atoms with Gasteiger partial charge in [-0.15, -0.1) is 24.0 Å². The van der Waals surface area contributed by atoms with Crippen LogP contribution in [0.4, 0.5) is 0 Å². The van der Waals surface area contributed by atoms with Gasteiger partial charge in [0.05, 0.1) is 0 Å². The second kappa shape index (κ2) is 9.59. The van der Waals surface area contributed by atoms with E-state index in [9.17, 15) is 0 Å². The summed E-state index contributed by atoms with van der Waals surface area (Å²) >= 11 is 2.06. The molecule has 0 amide bonds. The van der Waals surface area contributed by atoms with Crippen LogP contribution in [0.2, 0.25) is 0 Å². The zero-order valence-electron chi connectivity index (χ0n) is 13.7. The van der Waals surface area contributed by atoms with Crippen LogP contribution in [0.15, 0.2) is 9.52 Å². The predicted molar refractivity (Wildman–Crippen MR) is 102 cm³/mol. The molecule has 0 spiro atoms. The van der Waals surface area contributed by atoms with Crippen molar-refractivity contribution in [3.05, 3.63) is 11.7 Å². The van der Waals surface area contributed by atoms with Gasteiger partial charge in [0.2, 0.25) is 5.89 Å². The normalized spacial score (nSPS) is 19.2. The zero-order valence-corrected chi connectivity index (χ0v) is 16.9. The summed E-state index contributed by atoms with van der Waals surface area (Å²) in [7, 11) is 0. The van der Waals surface area contributed by atoms with Crippen LogP contribution in [0, 0.1) is 12.8 Å². The van der Waals surface area contributed by atoms with Crippen molar-refractivity contribution in [2.45, 2.75) is 39.5 Å². The molecule has 0 bridgehead atoms. The van der Waals surface area contributed by atoms with Crippen LogP contribution in [0.1, 0.15) is 32.5 Å². The molecule has 1 fully saturated rings. The average Bonchev–Trinajstić information content (AvgIpc) is 2.89. The van der Waals surface area contributed by atoms with Crippen LogP contribution in [-0.4, -0.2) is 51.6 Å². The SMILES string of the molecule is CCNC(=NCc1noc(C)n1)N1CCSC(C(C)C)C1.I. The van der Waals surface area contributed by atoms with E-state index < -0.39 is 0 Å². The summed E-state index contributed by atoms with van der Waals surface area (Å²) in [5.41, 5.74) is 0. The maximum atomic E-state index is 4.98. The van der Waals surface area contributed by atoms with Gasteiger partial charge in [-0.05, 0) is 12.8 Å². The quantitative estimate of drug-likeness (QED) is 0.442. The molecule has 2 heterocycles. The maximum Gasteiger partial charge on any atom is 0.223 e. The van der Waals surface area contributed by atoms with E-state index in [1.54, 1.807) is 6.92 Å². The van der Waals surface area contributed by atoms with E-state index in [1.807, 2.05) is 0 Å². The highest BCUT2D eigenvalue weighted by Gasteiger charge is 2.24. The molecule has 1 unspecified atom stereocenters. The fourth-order valence-corrected chi connectivity index (χ4v) is 3.55. The van der Waals surface area contributed by atoms with Gasteiger partial charge in [0.25, 0.3) is 0 Å². The van der Waals surface area contributed by atoms with Crippen LogP contribution in [0.5, 0.6) is 0 Å². The Morgan fingerprint density at radius 3 is 2.91 bits per heavy atom. The summed E-state index contributed by atoms with van der Waals surface area (Å²) in [6.07, 6.45) is 0. The maximum absolute atomic E-state index is 4.98. The average molecular weight is 439 g/mol. The van der Waals surface area contributed by atoms with Crippen molar-refractivity contribution < 1.29 is 4.52 Å². The lowest BCUT2D eigenvalue weighted by molar-refractivity contribution is 0.378. The van der Waals surface area contributed by atoms with Crippen LogP contribution in [0.25, 0.3) is 0 Å². The fraction of sp³-hybridized carbons (Fsp3) is 0.786. The highest BCUT2D eigenvalue weighted by molar-refractivity contribution is 14.0. The Kier molecular flexibility index (Phi) is 8.52. The number of nitrogens with zero attached hydrogens (tertiary/aromatic N) is 4. The predicted octanol–water partition coefficient (Wildman–Crippen LogP) is 2.53. The van der Waals surface area contributed by atoms with E-state index >= 15 is 0 Å². The molecule has 1 aromatic rings. The molecule has 1 atom stereocenters. The summed E-state index contributed by atoms with van der Waals surface area (Å²) in [6.45, 7) is 11.8. The number of aromatic nitrogens is 2. The third-order valence-corrected chi connectivity index (χ3v) is 4.95. The van der Waals surface area contributed by atoms with Gasteiger partial charge in [-0.2, -0.15) is 16.7 Å². The van der Waals surface area contributed by atoms with E-state index in [-0.39, 0.29) is 24.0 Å². The Bertz CT molecular complexity index is 480. The minimum absolute atomic E-state index is 0. The Morgan fingerprint density at radius 2 is 2.32 bits per heavy atom. The molecule has 1 N–H and O–H groups in total. The number of hydrogen-bond acceptors (Lipinski definition) is 5. The lowest BCUT2D eigenvalue weighted by atomic mass is 10.1. The molecule has 22 heavy (non-hydrogen) atoms. The third-order valence-electron chi connectivity index (χ3n) is 3.41. The van der Waals surface area contributed by atoms with E-state index in [1.165, 1.54) is 0 Å². The second-order valence-corrected chi connectivity index (χ2v) is 6.85. The van der Waals surface area contributed by atoms with E-state index in [0.29, 0.717) is 29.4 Å². The molecule has 8 heteroatoms. The van der Waals surface area contributed by atoms with Crippen molar-refractivity contribution in [3.8, 4) is 0 Å². The molecule has 6 nitrogen and oxygen atoms in total. The monoisotopic (exact) mass is 439 g/mol. The van der Waals surface area contributed by atoms with Crippen molar-refractivity contribution >= 4 is 41.7 Å². The smallest absolute Gasteiger partial charge is 0.223 e. The first-order chi connectivity index (χ1) is 10.1. The first kappa shape index (κ1) is 19.5. The first-order valence-electron chi connectivity index (χ1n) is 7.54. The Hall–Kier alpha value is -0.510. The van der Waals surface area contributed by atoms with Crippen LogP contribution in [0.3, 0.4) is 0 Å². The van der Waals surface area contributed by atoms with Crippen molar-refractivity contribution in [3.63, 3.8) is 0 Å². The topological polar surface area (TPSA) is 66.5 Å². The summed E-state index contributed by atoms with van der Waals surface area (Å²) in [6, 6.07) is 0. The van der Waals surface area contributed by atoms with E-state index in [2.05, 4.69) is 57.9 Å². The number of aliphatic imine (C=N–C) groups is 1. The lowest BCUT2D eigenvalue weighted by Gasteiger charge is -2.36. The van der Waals surface area contributed by atoms with Crippen molar-refractivity contribution in [2.24, 2.45) is 10.9 Å². The molecule has 0 aliphatic carbocycles. The molecular weight excluding hydrogens is 413 g/mol. The highest BCUT2D eigenvalue weighted by Crippen LogP contribution is 2.24. The van der Waals surface area contributed by atoms with Crippen LogP contribution < -0.4 is 5.32 Å². The fourth-order valence-electron chi connectivity index (χ4n) is 2.25. The highest BCUT2D eigenvalue weighted by atomic mass is 127. The van der Waals surface area contributed by atoms with E-state index in [4.69, 9.17) is 4.52 Å². The number of nitrogens with one attached hydrogen (secondary N) is 1. The van der Waals surface area contributed by atoms with Gasteiger partial charge >= 0.3 is 0 Å². The molecule has 1 aliphatic rings. The molecule has 126 valence electrons. The Labute approximate surface area is 153 Å². The summed E-state index contributed by atoms with van der Waals surface area (Å²) < 4.78 is 4.98. The standard InChI is InChI=1S/C14H25N5OS.HI/c1-5-15-14(16-8-13-17-11(4)20-18-13)19-6-7-21-12(9-19)10(2)3;/h10,12H,5-9H2,1-4H3,(H,15,16);1H. The lowest BCUT2D eigenvalue weighted by Crippen LogP contribution is -2.49. The Balaban J connectivity index is 0.00000242. The zero-order chi connectivity index (χ0) is 15.2. The number of guanidine groups is 1. The minimum Gasteiger partial charge on any atom is -0.357 e. The molecule has 1 aliphatic heterocycles. The number of halogens is 1. The summed E-state index contributed by atoms with van der Waals surface area (Å²) in [5.74, 6) is 4.00. The number of hydrogen-bond donors (Lipinski definition) is 1. The summed E-state index contributed by atoms with van der Waals surface area (Å²) in [5, 5.41) is 7.92. The largest absolute Gasteiger partial charge is 0.357 e. The molecular formula is C14H26IN5OS. The van der Waals surface area contributed by atoms with Crippen LogP contribution in [-0.2, 0) is 6.54 Å². The molecule has 2 rings (SSSR count). The van der Waals surface area contributed by atoms with Crippen molar-refractivity contribution in [1.29, 1.82) is 0 Å². The first-order valence-corrected chi connectivity index (χ1v) is 8.59. The second-order valence-electron chi connectivity index (χ2n) is 5.50. The molecule has 0 radical (unpaired) electrons. The number of rotatable bonds is 4. The molecule has 0 aromatic carbocycles. The van der Waals surface area contributed by atoms with Gasteiger partial charge in [-0.3, -0.25) is 0 Å². The van der Waals surface area contributed by atoms with Gasteiger partial charge in [0, 0.05) is 37.6 Å². The van der Waals surface area contributed by atoms with Crippen molar-refractivity contribution in [1.82, 2.24) is 20.4 Å². The molecule has 1 aromatic heterocycles. The van der Waals surface area contributed by atoms with Gasteiger partial charge < -0.3 is 14.7 Å². The van der Waals surface area contributed by atoms with Gasteiger partial charge in [0.1, 0.15) is 6.54 Å². The Morgan fingerprint density at radius 1 is 1.55 bits per heavy atom. The third kappa shape index (κ3) is 5.60. The summed E-state index contributed by atoms with van der Waals surface area (Å²) in [4.78, 5) is 11.2.